The Bertz CT molecular complexity index is 736. The molecular formula is C10H7Cl2N3O4S. The molecule has 2 rings (SSSR count). The number of halogens is 2. The third-order valence-electron chi connectivity index (χ3n) is 2.29. The Labute approximate surface area is 123 Å². The largest absolute Gasteiger partial charge is 0.478 e. The third-order valence-corrected chi connectivity index (χ3v) is 4.16. The van der Waals surface area contributed by atoms with Gasteiger partial charge in [0.25, 0.3) is 10.0 Å². The van der Waals surface area contributed by atoms with Crippen LogP contribution in [-0.2, 0) is 10.0 Å². The Morgan fingerprint density at radius 3 is 2.35 bits per heavy atom. The maximum absolute atomic E-state index is 12.0. The third kappa shape index (κ3) is 2.87. The van der Waals surface area contributed by atoms with Gasteiger partial charge in [0, 0.05) is 0 Å². The highest BCUT2D eigenvalue weighted by Gasteiger charge is 2.20. The zero-order valence-corrected chi connectivity index (χ0v) is 11.9. The lowest BCUT2D eigenvalue weighted by Gasteiger charge is -2.10. The van der Waals surface area contributed by atoms with Gasteiger partial charge in [0.15, 0.2) is 5.03 Å². The molecule has 0 amide bonds. The van der Waals surface area contributed by atoms with E-state index in [4.69, 9.17) is 28.3 Å². The number of sulfonamides is 1. The van der Waals surface area contributed by atoms with Crippen molar-refractivity contribution in [3.63, 3.8) is 0 Å². The van der Waals surface area contributed by atoms with Gasteiger partial charge in [0.2, 0.25) is 0 Å². The first-order chi connectivity index (χ1) is 9.31. The first kappa shape index (κ1) is 14.6. The molecule has 0 atom stereocenters. The van der Waals surface area contributed by atoms with Crippen LogP contribution in [0.5, 0.6) is 0 Å². The molecule has 0 fully saturated rings. The van der Waals surface area contributed by atoms with E-state index in [-0.39, 0.29) is 26.3 Å². The van der Waals surface area contributed by atoms with E-state index in [0.29, 0.717) is 0 Å². The number of aromatic carboxylic acids is 1. The van der Waals surface area contributed by atoms with E-state index in [2.05, 4.69) is 14.7 Å². The fourth-order valence-corrected chi connectivity index (χ4v) is 3.07. The zero-order chi connectivity index (χ0) is 14.9. The number of rotatable bonds is 4. The Kier molecular flexibility index (Phi) is 3.89. The SMILES string of the molecule is O=C(O)c1cc(Cl)c(NS(=O)(=O)c2cnc[nH]2)c(Cl)c1. The Hall–Kier alpha value is -1.77. The van der Waals surface area contributed by atoms with Gasteiger partial charge in [-0.15, -0.1) is 0 Å². The molecular weight excluding hydrogens is 329 g/mol. The second-order valence-corrected chi connectivity index (χ2v) is 6.11. The van der Waals surface area contributed by atoms with Crippen molar-refractivity contribution in [3.05, 3.63) is 40.3 Å². The molecule has 7 nitrogen and oxygen atoms in total. The van der Waals surface area contributed by atoms with Gasteiger partial charge in [-0.05, 0) is 12.1 Å². The van der Waals surface area contributed by atoms with Crippen molar-refractivity contribution >= 4 is 44.9 Å². The Balaban J connectivity index is 2.43. The van der Waals surface area contributed by atoms with Crippen molar-refractivity contribution in [1.29, 1.82) is 0 Å². The van der Waals surface area contributed by atoms with Crippen LogP contribution < -0.4 is 4.72 Å². The van der Waals surface area contributed by atoms with Crippen LogP contribution in [0.1, 0.15) is 10.4 Å². The van der Waals surface area contributed by atoms with Crippen LogP contribution in [0.25, 0.3) is 0 Å². The minimum Gasteiger partial charge on any atom is -0.478 e. The molecule has 0 bridgehead atoms. The zero-order valence-electron chi connectivity index (χ0n) is 9.59. The first-order valence-corrected chi connectivity index (χ1v) is 7.28. The minimum absolute atomic E-state index is 0.104. The van der Waals surface area contributed by atoms with Crippen molar-refractivity contribution < 1.29 is 18.3 Å². The molecule has 1 aromatic carbocycles. The van der Waals surface area contributed by atoms with Crippen molar-refractivity contribution in [3.8, 4) is 0 Å². The lowest BCUT2D eigenvalue weighted by Crippen LogP contribution is -2.14. The number of carbonyl (C=O) groups is 1. The Morgan fingerprint density at radius 1 is 1.30 bits per heavy atom. The molecule has 106 valence electrons. The van der Waals surface area contributed by atoms with Crippen LogP contribution in [0, 0.1) is 0 Å². The summed E-state index contributed by atoms with van der Waals surface area (Å²) in [6.07, 6.45) is 2.31. The van der Waals surface area contributed by atoms with E-state index >= 15 is 0 Å². The highest BCUT2D eigenvalue weighted by molar-refractivity contribution is 7.92. The van der Waals surface area contributed by atoms with E-state index in [1.807, 2.05) is 0 Å². The molecule has 0 aliphatic carbocycles. The van der Waals surface area contributed by atoms with Gasteiger partial charge in [-0.25, -0.2) is 9.78 Å². The molecule has 0 radical (unpaired) electrons. The topological polar surface area (TPSA) is 112 Å². The second-order valence-electron chi connectivity index (χ2n) is 3.64. The minimum atomic E-state index is -3.93. The van der Waals surface area contributed by atoms with Crippen LogP contribution in [-0.4, -0.2) is 29.5 Å². The van der Waals surface area contributed by atoms with Gasteiger partial charge in [-0.1, -0.05) is 23.2 Å². The van der Waals surface area contributed by atoms with Gasteiger partial charge in [0.1, 0.15) is 0 Å². The van der Waals surface area contributed by atoms with E-state index < -0.39 is 16.0 Å². The van der Waals surface area contributed by atoms with E-state index in [1.165, 1.54) is 6.33 Å². The maximum atomic E-state index is 12.0. The molecule has 2 aromatic rings. The standard InChI is InChI=1S/C10H7Cl2N3O4S/c11-6-1-5(10(16)17)2-7(12)9(6)15-20(18,19)8-3-13-4-14-8/h1-4,15H,(H,13,14)(H,16,17). The molecule has 0 aliphatic rings. The average molecular weight is 336 g/mol. The molecule has 20 heavy (non-hydrogen) atoms. The van der Waals surface area contributed by atoms with Crippen LogP contribution in [0.15, 0.2) is 29.7 Å². The number of aromatic amines is 1. The molecule has 0 saturated carbocycles. The number of anilines is 1. The number of imidazole rings is 1. The van der Waals surface area contributed by atoms with E-state index in [1.54, 1.807) is 0 Å². The van der Waals surface area contributed by atoms with Crippen molar-refractivity contribution in [2.75, 3.05) is 4.72 Å². The van der Waals surface area contributed by atoms with Crippen LogP contribution in [0.2, 0.25) is 10.0 Å². The number of carboxylic acids is 1. The number of nitrogens with one attached hydrogen (secondary N) is 2. The first-order valence-electron chi connectivity index (χ1n) is 5.05. The summed E-state index contributed by atoms with van der Waals surface area (Å²) >= 11 is 11.7. The van der Waals surface area contributed by atoms with Gasteiger partial charge in [0.05, 0.1) is 33.8 Å². The van der Waals surface area contributed by atoms with Gasteiger partial charge >= 0.3 is 5.97 Å². The molecule has 1 heterocycles. The monoisotopic (exact) mass is 335 g/mol. The molecule has 0 saturated heterocycles. The van der Waals surface area contributed by atoms with E-state index in [9.17, 15) is 13.2 Å². The summed E-state index contributed by atoms with van der Waals surface area (Å²) < 4.78 is 26.1. The van der Waals surface area contributed by atoms with Gasteiger partial charge in [-0.3, -0.25) is 4.72 Å². The number of nitrogens with zero attached hydrogens (tertiary/aromatic N) is 1. The molecule has 3 N–H and O–H groups in total. The Morgan fingerprint density at radius 2 is 1.90 bits per heavy atom. The quantitative estimate of drug-likeness (QED) is 0.792. The predicted molar refractivity (Wildman–Crippen MR) is 72.8 cm³/mol. The van der Waals surface area contributed by atoms with Gasteiger partial charge < -0.3 is 10.1 Å². The molecule has 0 unspecified atom stereocenters. The van der Waals surface area contributed by atoms with E-state index in [0.717, 1.165) is 18.3 Å². The van der Waals surface area contributed by atoms with Crippen LogP contribution in [0.4, 0.5) is 5.69 Å². The lowest BCUT2D eigenvalue weighted by atomic mass is 10.2. The van der Waals surface area contributed by atoms with Crippen molar-refractivity contribution in [2.45, 2.75) is 5.03 Å². The molecule has 0 spiro atoms. The summed E-state index contributed by atoms with van der Waals surface area (Å²) in [6, 6.07) is 2.20. The normalized spacial score (nSPS) is 11.3. The number of carboxylic acid groups (broad SMARTS) is 1. The summed E-state index contributed by atoms with van der Waals surface area (Å²) in [7, 11) is -3.93. The number of benzene rings is 1. The lowest BCUT2D eigenvalue weighted by molar-refractivity contribution is 0.0697. The number of hydrogen-bond donors (Lipinski definition) is 3. The number of aromatic nitrogens is 2. The predicted octanol–water partition coefficient (Wildman–Crippen LogP) is 2.22. The summed E-state index contributed by atoms with van der Waals surface area (Å²) in [4.78, 5) is 16.8. The summed E-state index contributed by atoms with van der Waals surface area (Å²) in [5.41, 5.74) is -0.252. The maximum Gasteiger partial charge on any atom is 0.335 e. The average Bonchev–Trinajstić information content (AvgIpc) is 2.88. The summed E-state index contributed by atoms with van der Waals surface area (Å²) in [5.74, 6) is -1.23. The summed E-state index contributed by atoms with van der Waals surface area (Å²) in [5, 5.41) is 8.41. The van der Waals surface area contributed by atoms with Crippen LogP contribution in [0.3, 0.4) is 0 Å². The molecule has 10 heteroatoms. The highest BCUT2D eigenvalue weighted by atomic mass is 35.5. The summed E-state index contributed by atoms with van der Waals surface area (Å²) in [6.45, 7) is 0. The fraction of sp³-hybridized carbons (Fsp3) is 0. The number of hydrogen-bond acceptors (Lipinski definition) is 4. The van der Waals surface area contributed by atoms with Gasteiger partial charge in [-0.2, -0.15) is 8.42 Å². The second kappa shape index (κ2) is 5.31. The van der Waals surface area contributed by atoms with Crippen LogP contribution >= 0.6 is 23.2 Å². The van der Waals surface area contributed by atoms with Crippen molar-refractivity contribution in [2.24, 2.45) is 0 Å². The molecule has 0 aliphatic heterocycles. The highest BCUT2D eigenvalue weighted by Crippen LogP contribution is 2.33. The smallest absolute Gasteiger partial charge is 0.335 e. The number of H-pyrrole nitrogens is 1. The fourth-order valence-electron chi connectivity index (χ4n) is 1.37. The molecule has 1 aromatic heterocycles. The van der Waals surface area contributed by atoms with Crippen molar-refractivity contribution in [1.82, 2.24) is 9.97 Å².